The molecule has 2 amide bonds. The van der Waals surface area contributed by atoms with Crippen molar-refractivity contribution in [2.45, 2.75) is 50.7 Å². The number of likely N-dealkylation sites (tertiary alicyclic amines) is 1. The van der Waals surface area contributed by atoms with E-state index in [2.05, 4.69) is 15.6 Å². The summed E-state index contributed by atoms with van der Waals surface area (Å²) in [6.45, 7) is 3.54. The van der Waals surface area contributed by atoms with Crippen molar-refractivity contribution < 1.29 is 9.59 Å². The predicted molar refractivity (Wildman–Crippen MR) is 110 cm³/mol. The van der Waals surface area contributed by atoms with Gasteiger partial charge in [-0.3, -0.25) is 14.6 Å². The van der Waals surface area contributed by atoms with Crippen LogP contribution in [0.25, 0.3) is 0 Å². The summed E-state index contributed by atoms with van der Waals surface area (Å²) >= 11 is 1.60. The van der Waals surface area contributed by atoms with E-state index in [-0.39, 0.29) is 17.9 Å². The van der Waals surface area contributed by atoms with Gasteiger partial charge in [-0.1, -0.05) is 0 Å². The number of carbonyl (C=O) groups is 2. The first-order valence-corrected chi connectivity index (χ1v) is 10.8. The van der Waals surface area contributed by atoms with Crippen LogP contribution < -0.4 is 10.6 Å². The lowest BCUT2D eigenvalue weighted by molar-refractivity contribution is 0.0685. The molecule has 2 fully saturated rings. The zero-order valence-electron chi connectivity index (χ0n) is 16.1. The zero-order chi connectivity index (χ0) is 19.5. The Hall–Kier alpha value is -2.25. The van der Waals surface area contributed by atoms with Gasteiger partial charge < -0.3 is 15.5 Å². The maximum Gasteiger partial charge on any atom is 0.253 e. The number of hydrogen-bond donors (Lipinski definition) is 2. The Morgan fingerprint density at radius 3 is 2.39 bits per heavy atom. The van der Waals surface area contributed by atoms with Crippen LogP contribution in [-0.4, -0.2) is 52.9 Å². The topological polar surface area (TPSA) is 74.3 Å². The van der Waals surface area contributed by atoms with Gasteiger partial charge in [-0.15, -0.1) is 11.3 Å². The number of aryl methyl sites for hydroxylation is 1. The van der Waals surface area contributed by atoms with Crippen molar-refractivity contribution >= 4 is 23.2 Å². The molecule has 2 N–H and O–H groups in total. The van der Waals surface area contributed by atoms with Gasteiger partial charge in [0.1, 0.15) is 0 Å². The molecule has 3 heterocycles. The van der Waals surface area contributed by atoms with E-state index in [1.165, 1.54) is 0 Å². The smallest absolute Gasteiger partial charge is 0.253 e. The molecule has 4 rings (SSSR count). The summed E-state index contributed by atoms with van der Waals surface area (Å²) in [5.74, 6) is 0.110. The number of piperidine rings is 1. The van der Waals surface area contributed by atoms with E-state index >= 15 is 0 Å². The standard InChI is InChI=1S/C21H26N4O2S/c1-14-12-16(13-28-14)20(26)24-19-3-2-18(19)23-17-6-10-25(11-7-17)21(27)15-4-8-22-9-5-15/h4-5,8-9,12-13,17-19,23H,2-3,6-7,10-11H2,1H3,(H,24,26). The molecule has 2 aromatic heterocycles. The van der Waals surface area contributed by atoms with Crippen molar-refractivity contribution in [3.63, 3.8) is 0 Å². The Morgan fingerprint density at radius 2 is 1.79 bits per heavy atom. The lowest BCUT2D eigenvalue weighted by atomic mass is 9.84. The van der Waals surface area contributed by atoms with Crippen LogP contribution in [0.15, 0.2) is 36.0 Å². The van der Waals surface area contributed by atoms with Gasteiger partial charge in [0.2, 0.25) is 0 Å². The summed E-state index contributed by atoms with van der Waals surface area (Å²) in [5, 5.41) is 8.79. The first-order chi connectivity index (χ1) is 13.6. The van der Waals surface area contributed by atoms with E-state index in [0.717, 1.165) is 49.2 Å². The molecule has 0 radical (unpaired) electrons. The van der Waals surface area contributed by atoms with Gasteiger partial charge >= 0.3 is 0 Å². The number of nitrogens with zero attached hydrogens (tertiary/aromatic N) is 2. The molecule has 1 aliphatic heterocycles. The van der Waals surface area contributed by atoms with Gasteiger partial charge in [-0.25, -0.2) is 0 Å². The van der Waals surface area contributed by atoms with Crippen LogP contribution in [0.5, 0.6) is 0 Å². The molecule has 148 valence electrons. The predicted octanol–water partition coefficient (Wildman–Crippen LogP) is 2.61. The van der Waals surface area contributed by atoms with Gasteiger partial charge in [0.05, 0.1) is 5.56 Å². The largest absolute Gasteiger partial charge is 0.348 e. The second-order valence-corrected chi connectivity index (χ2v) is 8.79. The highest BCUT2D eigenvalue weighted by Crippen LogP contribution is 2.24. The molecule has 6 nitrogen and oxygen atoms in total. The van der Waals surface area contributed by atoms with Gasteiger partial charge in [-0.2, -0.15) is 0 Å². The maximum atomic E-state index is 12.5. The molecule has 28 heavy (non-hydrogen) atoms. The van der Waals surface area contributed by atoms with E-state index in [9.17, 15) is 9.59 Å². The maximum absolute atomic E-state index is 12.5. The molecule has 2 aliphatic rings. The van der Waals surface area contributed by atoms with Crippen LogP contribution >= 0.6 is 11.3 Å². The molecule has 2 aromatic rings. The van der Waals surface area contributed by atoms with E-state index in [0.29, 0.717) is 17.6 Å². The minimum absolute atomic E-state index is 0.0265. The lowest BCUT2D eigenvalue weighted by Gasteiger charge is -2.42. The minimum Gasteiger partial charge on any atom is -0.348 e. The Labute approximate surface area is 169 Å². The number of rotatable bonds is 5. The second kappa shape index (κ2) is 8.41. The second-order valence-electron chi connectivity index (χ2n) is 7.68. The van der Waals surface area contributed by atoms with Gasteiger partial charge in [-0.05, 0) is 50.8 Å². The molecule has 1 aliphatic carbocycles. The average molecular weight is 399 g/mol. The highest BCUT2D eigenvalue weighted by molar-refractivity contribution is 7.10. The van der Waals surface area contributed by atoms with Crippen LogP contribution in [0.1, 0.15) is 51.3 Å². The third-order valence-corrected chi connectivity index (χ3v) is 6.60. The average Bonchev–Trinajstić information content (AvgIpc) is 3.16. The molecule has 2 atom stereocenters. The van der Waals surface area contributed by atoms with Gasteiger partial charge in [0, 0.05) is 59.4 Å². The third kappa shape index (κ3) is 4.25. The van der Waals surface area contributed by atoms with Crippen molar-refractivity contribution in [2.75, 3.05) is 13.1 Å². The Bertz CT molecular complexity index is 830. The number of amides is 2. The SMILES string of the molecule is Cc1cc(C(=O)NC2CCC2NC2CCN(C(=O)c3ccncc3)CC2)cs1. The summed E-state index contributed by atoms with van der Waals surface area (Å²) in [6.07, 6.45) is 7.30. The summed E-state index contributed by atoms with van der Waals surface area (Å²) in [4.78, 5) is 32.0. The van der Waals surface area contributed by atoms with E-state index in [4.69, 9.17) is 0 Å². The van der Waals surface area contributed by atoms with Crippen molar-refractivity contribution in [3.05, 3.63) is 52.0 Å². The summed E-state index contributed by atoms with van der Waals surface area (Å²) < 4.78 is 0. The Balaban J connectivity index is 1.24. The number of pyridine rings is 1. The quantitative estimate of drug-likeness (QED) is 0.812. The molecule has 1 saturated heterocycles. The highest BCUT2D eigenvalue weighted by Gasteiger charge is 2.35. The number of nitrogens with one attached hydrogen (secondary N) is 2. The minimum atomic E-state index is 0.0265. The Morgan fingerprint density at radius 1 is 1.07 bits per heavy atom. The highest BCUT2D eigenvalue weighted by atomic mass is 32.1. The van der Waals surface area contributed by atoms with Crippen molar-refractivity contribution in [1.29, 1.82) is 0 Å². The van der Waals surface area contributed by atoms with Crippen molar-refractivity contribution in [2.24, 2.45) is 0 Å². The number of carbonyl (C=O) groups excluding carboxylic acids is 2. The van der Waals surface area contributed by atoms with Crippen LogP contribution in [0.4, 0.5) is 0 Å². The van der Waals surface area contributed by atoms with Crippen molar-refractivity contribution in [1.82, 2.24) is 20.5 Å². The summed E-state index contributed by atoms with van der Waals surface area (Å²) in [5.41, 5.74) is 1.46. The fourth-order valence-electron chi connectivity index (χ4n) is 3.92. The molecule has 1 saturated carbocycles. The van der Waals surface area contributed by atoms with E-state index < -0.39 is 0 Å². The van der Waals surface area contributed by atoms with E-state index in [1.807, 2.05) is 23.3 Å². The zero-order valence-corrected chi connectivity index (χ0v) is 16.9. The molecular formula is C21H26N4O2S. The molecule has 2 unspecified atom stereocenters. The Kier molecular flexibility index (Phi) is 5.73. The number of hydrogen-bond acceptors (Lipinski definition) is 5. The lowest BCUT2D eigenvalue weighted by Crippen LogP contribution is -2.60. The van der Waals surface area contributed by atoms with Crippen LogP contribution in [0.3, 0.4) is 0 Å². The third-order valence-electron chi connectivity index (χ3n) is 5.74. The molecule has 7 heteroatoms. The fourth-order valence-corrected chi connectivity index (χ4v) is 4.60. The van der Waals surface area contributed by atoms with E-state index in [1.54, 1.807) is 35.9 Å². The summed E-state index contributed by atoms with van der Waals surface area (Å²) in [6, 6.07) is 6.40. The van der Waals surface area contributed by atoms with Crippen LogP contribution in [0, 0.1) is 6.92 Å². The van der Waals surface area contributed by atoms with Crippen molar-refractivity contribution in [3.8, 4) is 0 Å². The first-order valence-electron chi connectivity index (χ1n) is 9.91. The number of thiophene rings is 1. The van der Waals surface area contributed by atoms with Crippen LogP contribution in [0.2, 0.25) is 0 Å². The molecule has 0 aromatic carbocycles. The summed E-state index contributed by atoms with van der Waals surface area (Å²) in [7, 11) is 0. The molecule has 0 spiro atoms. The van der Waals surface area contributed by atoms with Gasteiger partial charge in [0.15, 0.2) is 0 Å². The molecule has 0 bridgehead atoms. The molecular weight excluding hydrogens is 372 g/mol. The number of aromatic nitrogens is 1. The van der Waals surface area contributed by atoms with Crippen LogP contribution in [-0.2, 0) is 0 Å². The fraction of sp³-hybridized carbons (Fsp3) is 0.476. The normalized spacial score (nSPS) is 22.5. The van der Waals surface area contributed by atoms with Gasteiger partial charge in [0.25, 0.3) is 11.8 Å². The monoisotopic (exact) mass is 398 g/mol. The first kappa shape index (κ1) is 19.1.